The Hall–Kier alpha value is -3.78. The van der Waals surface area contributed by atoms with Crippen molar-refractivity contribution in [1.82, 2.24) is 14.6 Å². The summed E-state index contributed by atoms with van der Waals surface area (Å²) in [6.07, 6.45) is -1.24. The van der Waals surface area contributed by atoms with Gasteiger partial charge in [0, 0.05) is 16.5 Å². The van der Waals surface area contributed by atoms with Gasteiger partial charge in [0.2, 0.25) is 0 Å². The number of nitrogens with zero attached hydrogens (tertiary/aromatic N) is 4. The first-order chi connectivity index (χ1) is 16.2. The standard InChI is InChI=1S/C23H15F4N5OS/c24-13-7-5-12(6-8-13)16-9-19(23(25,26)27)32-20(29-16)10-17(31-32)21(33)30-22-15(11-28)14-3-1-2-4-18(14)34-22/h5-10H,1-4H2,(H,30,33). The Kier molecular flexibility index (Phi) is 5.32. The van der Waals surface area contributed by atoms with Gasteiger partial charge in [-0.1, -0.05) is 0 Å². The molecule has 3 aromatic heterocycles. The van der Waals surface area contributed by atoms with E-state index < -0.39 is 23.6 Å². The summed E-state index contributed by atoms with van der Waals surface area (Å²) in [5.74, 6) is -1.27. The number of anilines is 1. The minimum Gasteiger partial charge on any atom is -0.311 e. The molecule has 6 nitrogen and oxygen atoms in total. The van der Waals surface area contributed by atoms with Gasteiger partial charge in [-0.15, -0.1) is 11.3 Å². The predicted molar refractivity (Wildman–Crippen MR) is 117 cm³/mol. The Morgan fingerprint density at radius 1 is 1.15 bits per heavy atom. The van der Waals surface area contributed by atoms with Crippen molar-refractivity contribution in [2.75, 3.05) is 5.32 Å². The third-order valence-electron chi connectivity index (χ3n) is 5.60. The summed E-state index contributed by atoms with van der Waals surface area (Å²) in [6, 6.07) is 8.96. The van der Waals surface area contributed by atoms with Crippen LogP contribution in [0, 0.1) is 17.1 Å². The fourth-order valence-electron chi connectivity index (χ4n) is 4.00. The van der Waals surface area contributed by atoms with E-state index in [0.29, 0.717) is 15.1 Å². The number of aryl methyl sites for hydroxylation is 1. The molecule has 0 fully saturated rings. The smallest absolute Gasteiger partial charge is 0.311 e. The first-order valence-corrected chi connectivity index (χ1v) is 11.2. The van der Waals surface area contributed by atoms with Crippen molar-refractivity contribution in [2.24, 2.45) is 0 Å². The van der Waals surface area contributed by atoms with Gasteiger partial charge in [0.1, 0.15) is 16.9 Å². The molecule has 0 bridgehead atoms. The number of rotatable bonds is 3. The zero-order valence-corrected chi connectivity index (χ0v) is 18.2. The number of nitriles is 1. The highest BCUT2D eigenvalue weighted by molar-refractivity contribution is 7.16. The average Bonchev–Trinajstić information content (AvgIpc) is 3.39. The van der Waals surface area contributed by atoms with E-state index in [9.17, 15) is 27.6 Å². The van der Waals surface area contributed by atoms with Crippen LogP contribution in [-0.4, -0.2) is 20.5 Å². The van der Waals surface area contributed by atoms with E-state index in [0.717, 1.165) is 60.4 Å². The van der Waals surface area contributed by atoms with Crippen LogP contribution in [0.4, 0.5) is 22.6 Å². The minimum absolute atomic E-state index is 0.0376. The molecule has 1 aromatic carbocycles. The Morgan fingerprint density at radius 3 is 2.59 bits per heavy atom. The van der Waals surface area contributed by atoms with Crippen LogP contribution in [0.1, 0.15) is 45.0 Å². The lowest BCUT2D eigenvalue weighted by Gasteiger charge is -2.11. The molecule has 0 radical (unpaired) electrons. The number of carbonyl (C=O) groups excluding carboxylic acids is 1. The highest BCUT2D eigenvalue weighted by atomic mass is 32.1. The monoisotopic (exact) mass is 485 g/mol. The molecule has 0 aliphatic heterocycles. The van der Waals surface area contributed by atoms with E-state index in [4.69, 9.17) is 0 Å². The number of halogens is 4. The van der Waals surface area contributed by atoms with Gasteiger partial charge < -0.3 is 5.32 Å². The fraction of sp³-hybridized carbons (Fsp3) is 0.217. The van der Waals surface area contributed by atoms with Gasteiger partial charge in [-0.3, -0.25) is 4.79 Å². The van der Waals surface area contributed by atoms with Gasteiger partial charge in [-0.05, 0) is 61.6 Å². The molecule has 172 valence electrons. The van der Waals surface area contributed by atoms with Gasteiger partial charge >= 0.3 is 6.18 Å². The van der Waals surface area contributed by atoms with Crippen molar-refractivity contribution in [3.05, 3.63) is 69.6 Å². The van der Waals surface area contributed by atoms with Gasteiger partial charge in [0.25, 0.3) is 5.91 Å². The first kappa shape index (κ1) is 22.0. The molecule has 3 heterocycles. The lowest BCUT2D eigenvalue weighted by atomic mass is 9.96. The highest BCUT2D eigenvalue weighted by Crippen LogP contribution is 2.38. The molecule has 1 N–H and O–H groups in total. The Bertz CT molecular complexity index is 1460. The number of aromatic nitrogens is 3. The Balaban J connectivity index is 1.55. The summed E-state index contributed by atoms with van der Waals surface area (Å²) in [6.45, 7) is 0. The molecule has 1 aliphatic rings. The minimum atomic E-state index is -4.78. The number of amides is 1. The fourth-order valence-corrected chi connectivity index (χ4v) is 5.23. The summed E-state index contributed by atoms with van der Waals surface area (Å²) < 4.78 is 55.2. The number of benzene rings is 1. The summed E-state index contributed by atoms with van der Waals surface area (Å²) >= 11 is 1.31. The van der Waals surface area contributed by atoms with Crippen molar-refractivity contribution in [3.8, 4) is 17.3 Å². The molecule has 1 amide bonds. The number of hydrogen-bond donors (Lipinski definition) is 1. The maximum Gasteiger partial charge on any atom is 0.433 e. The van der Waals surface area contributed by atoms with Crippen LogP contribution in [0.3, 0.4) is 0 Å². The number of alkyl halides is 3. The van der Waals surface area contributed by atoms with E-state index in [2.05, 4.69) is 21.5 Å². The van der Waals surface area contributed by atoms with E-state index in [1.807, 2.05) is 0 Å². The van der Waals surface area contributed by atoms with Gasteiger partial charge in [-0.2, -0.15) is 23.5 Å². The van der Waals surface area contributed by atoms with Gasteiger partial charge in [-0.25, -0.2) is 13.9 Å². The molecule has 11 heteroatoms. The largest absolute Gasteiger partial charge is 0.433 e. The Morgan fingerprint density at radius 2 is 1.88 bits per heavy atom. The van der Waals surface area contributed by atoms with Crippen molar-refractivity contribution in [3.63, 3.8) is 0 Å². The third-order valence-corrected chi connectivity index (χ3v) is 6.81. The van der Waals surface area contributed by atoms with Crippen LogP contribution in [0.25, 0.3) is 16.9 Å². The molecule has 0 spiro atoms. The summed E-state index contributed by atoms with van der Waals surface area (Å²) in [5, 5.41) is 16.4. The van der Waals surface area contributed by atoms with Crippen LogP contribution in [0.5, 0.6) is 0 Å². The first-order valence-electron chi connectivity index (χ1n) is 10.3. The molecule has 0 unspecified atom stereocenters. The maximum absolute atomic E-state index is 13.8. The lowest BCUT2D eigenvalue weighted by molar-refractivity contribution is -0.142. The average molecular weight is 485 g/mol. The van der Waals surface area contributed by atoms with Crippen LogP contribution in [0.15, 0.2) is 36.4 Å². The predicted octanol–water partition coefficient (Wildman–Crippen LogP) is 5.62. The zero-order chi connectivity index (χ0) is 24.0. The maximum atomic E-state index is 13.8. The second-order valence-electron chi connectivity index (χ2n) is 7.81. The van der Waals surface area contributed by atoms with Crippen LogP contribution in [0.2, 0.25) is 0 Å². The van der Waals surface area contributed by atoms with Crippen LogP contribution < -0.4 is 5.32 Å². The van der Waals surface area contributed by atoms with Crippen LogP contribution in [-0.2, 0) is 19.0 Å². The Labute approximate surface area is 194 Å². The molecule has 5 rings (SSSR count). The van der Waals surface area contributed by atoms with E-state index >= 15 is 0 Å². The second-order valence-corrected chi connectivity index (χ2v) is 8.92. The molecule has 4 aromatic rings. The molecule has 0 saturated carbocycles. The SMILES string of the molecule is N#Cc1c(NC(=O)c2cc3nc(-c4ccc(F)cc4)cc(C(F)(F)F)n3n2)sc2c1CCCC2. The van der Waals surface area contributed by atoms with E-state index in [-0.39, 0.29) is 22.6 Å². The molecule has 0 atom stereocenters. The zero-order valence-electron chi connectivity index (χ0n) is 17.4. The third kappa shape index (κ3) is 3.90. The van der Waals surface area contributed by atoms with Gasteiger partial charge in [0.15, 0.2) is 17.0 Å². The van der Waals surface area contributed by atoms with Crippen molar-refractivity contribution in [2.45, 2.75) is 31.9 Å². The number of hydrogen-bond acceptors (Lipinski definition) is 5. The van der Waals surface area contributed by atoms with Gasteiger partial charge in [0.05, 0.1) is 11.3 Å². The summed E-state index contributed by atoms with van der Waals surface area (Å²) in [4.78, 5) is 18.1. The molecular weight excluding hydrogens is 470 g/mol. The van der Waals surface area contributed by atoms with Crippen LogP contribution >= 0.6 is 11.3 Å². The number of fused-ring (bicyclic) bond motifs is 2. The normalized spacial score (nSPS) is 13.5. The van der Waals surface area contributed by atoms with Crippen molar-refractivity contribution < 1.29 is 22.4 Å². The molecular formula is C23H15F4N5OS. The molecule has 34 heavy (non-hydrogen) atoms. The highest BCUT2D eigenvalue weighted by Gasteiger charge is 2.36. The topological polar surface area (TPSA) is 83.1 Å². The lowest BCUT2D eigenvalue weighted by Crippen LogP contribution is -2.15. The molecule has 1 aliphatic carbocycles. The second kappa shape index (κ2) is 8.22. The number of carbonyl (C=O) groups is 1. The summed E-state index contributed by atoms with van der Waals surface area (Å²) in [5.41, 5.74) is -0.0256. The van der Waals surface area contributed by atoms with Crippen molar-refractivity contribution >= 4 is 27.9 Å². The quantitative estimate of drug-likeness (QED) is 0.382. The van der Waals surface area contributed by atoms with E-state index in [1.165, 1.54) is 23.5 Å². The van der Waals surface area contributed by atoms with E-state index in [1.54, 1.807) is 0 Å². The summed E-state index contributed by atoms with van der Waals surface area (Å²) in [7, 11) is 0. The number of nitrogens with one attached hydrogen (secondary N) is 1. The molecule has 0 saturated heterocycles. The number of thiophene rings is 1. The van der Waals surface area contributed by atoms with Crippen molar-refractivity contribution in [1.29, 1.82) is 5.26 Å².